The lowest BCUT2D eigenvalue weighted by Crippen LogP contribution is -2.36. The highest BCUT2D eigenvalue weighted by atomic mass is 16.4. The quantitative estimate of drug-likeness (QED) is 0.677. The molecule has 1 aliphatic rings. The highest BCUT2D eigenvalue weighted by Gasteiger charge is 2.24. The monoisotopic (exact) mass is 385 g/mol. The molecule has 0 saturated carbocycles. The average Bonchev–Trinajstić information content (AvgIpc) is 3.13. The van der Waals surface area contributed by atoms with Gasteiger partial charge in [0.05, 0.1) is 6.54 Å². The molecule has 5 heteroatoms. The van der Waals surface area contributed by atoms with Gasteiger partial charge in [-0.3, -0.25) is 15.0 Å². The van der Waals surface area contributed by atoms with Crippen molar-refractivity contribution in [3.8, 4) is 28.5 Å². The Morgan fingerprint density at radius 3 is 2.21 bits per heavy atom. The first-order valence-electron chi connectivity index (χ1n) is 9.96. The van der Waals surface area contributed by atoms with E-state index >= 15 is 0 Å². The third-order valence-electron chi connectivity index (χ3n) is 5.19. The van der Waals surface area contributed by atoms with Crippen molar-refractivity contribution in [1.82, 2.24) is 4.90 Å². The van der Waals surface area contributed by atoms with Gasteiger partial charge in [-0.25, -0.2) is 0 Å². The van der Waals surface area contributed by atoms with E-state index < -0.39 is 0 Å². The lowest BCUT2D eigenvalue weighted by Gasteiger charge is -2.25. The van der Waals surface area contributed by atoms with Crippen molar-refractivity contribution in [2.75, 3.05) is 25.0 Å². The van der Waals surface area contributed by atoms with E-state index in [9.17, 15) is 10.1 Å². The third kappa shape index (κ3) is 4.23. The highest BCUT2D eigenvalue weighted by molar-refractivity contribution is 5.96. The number of nitrogens with zero attached hydrogens (tertiary/aromatic N) is 2. The first kappa shape index (κ1) is 19.0. The maximum Gasteiger partial charge on any atom is 0.240 e. The fraction of sp³-hybridized carbons (Fsp3) is 0.250. The molecule has 2 aromatic carbocycles. The fourth-order valence-corrected chi connectivity index (χ4v) is 3.79. The molecule has 0 unspecified atom stereocenters. The summed E-state index contributed by atoms with van der Waals surface area (Å²) in [5.41, 5.74) is 2.79. The zero-order valence-electron chi connectivity index (χ0n) is 16.2. The first-order valence-corrected chi connectivity index (χ1v) is 9.96. The Morgan fingerprint density at radius 1 is 0.966 bits per heavy atom. The summed E-state index contributed by atoms with van der Waals surface area (Å²) >= 11 is 0. The molecule has 4 rings (SSSR count). The molecule has 29 heavy (non-hydrogen) atoms. The van der Waals surface area contributed by atoms with Crippen LogP contribution in [-0.2, 0) is 4.79 Å². The minimum Gasteiger partial charge on any atom is -0.438 e. The van der Waals surface area contributed by atoms with Gasteiger partial charge < -0.3 is 4.42 Å². The van der Waals surface area contributed by atoms with Crippen LogP contribution in [0.5, 0.6) is 0 Å². The summed E-state index contributed by atoms with van der Waals surface area (Å²) in [6.45, 7) is 2.18. The second-order valence-corrected chi connectivity index (χ2v) is 7.24. The highest BCUT2D eigenvalue weighted by Crippen LogP contribution is 2.41. The van der Waals surface area contributed by atoms with Crippen LogP contribution in [0.15, 0.2) is 65.1 Å². The van der Waals surface area contributed by atoms with Gasteiger partial charge in [0.2, 0.25) is 11.8 Å². The van der Waals surface area contributed by atoms with Crippen LogP contribution in [0.3, 0.4) is 0 Å². The second-order valence-electron chi connectivity index (χ2n) is 7.24. The molecule has 1 aliphatic heterocycles. The van der Waals surface area contributed by atoms with Gasteiger partial charge >= 0.3 is 0 Å². The van der Waals surface area contributed by atoms with E-state index in [-0.39, 0.29) is 11.8 Å². The lowest BCUT2D eigenvalue weighted by atomic mass is 9.98. The van der Waals surface area contributed by atoms with E-state index in [2.05, 4.69) is 16.3 Å². The van der Waals surface area contributed by atoms with E-state index in [1.54, 1.807) is 0 Å². The minimum absolute atomic E-state index is 0.156. The van der Waals surface area contributed by atoms with Gasteiger partial charge in [0.15, 0.2) is 0 Å². The lowest BCUT2D eigenvalue weighted by molar-refractivity contribution is -0.117. The second kappa shape index (κ2) is 8.76. The SMILES string of the molecule is N#Cc1c(NC(=O)CN2CCCCC2)oc(-c2ccccc2)c1-c1ccccc1. The zero-order valence-corrected chi connectivity index (χ0v) is 16.2. The van der Waals surface area contributed by atoms with Crippen LogP contribution in [0.25, 0.3) is 22.5 Å². The van der Waals surface area contributed by atoms with Gasteiger partial charge in [-0.2, -0.15) is 5.26 Å². The Balaban J connectivity index is 1.70. The third-order valence-corrected chi connectivity index (χ3v) is 5.19. The molecule has 1 fully saturated rings. The molecule has 5 nitrogen and oxygen atoms in total. The molecule has 1 amide bonds. The number of benzene rings is 2. The van der Waals surface area contributed by atoms with Gasteiger partial charge in [-0.05, 0) is 31.5 Å². The van der Waals surface area contributed by atoms with Crippen molar-refractivity contribution in [3.05, 3.63) is 66.2 Å². The number of carbonyl (C=O) groups is 1. The zero-order chi connectivity index (χ0) is 20.1. The molecule has 2 heterocycles. The number of hydrogen-bond acceptors (Lipinski definition) is 4. The summed E-state index contributed by atoms with van der Waals surface area (Å²) in [7, 11) is 0. The molecular formula is C24H23N3O2. The Morgan fingerprint density at radius 2 is 1.59 bits per heavy atom. The number of likely N-dealkylation sites (tertiary alicyclic amines) is 1. The maximum atomic E-state index is 12.6. The molecule has 0 bridgehead atoms. The largest absolute Gasteiger partial charge is 0.438 e. The molecule has 146 valence electrons. The van der Waals surface area contributed by atoms with Gasteiger partial charge in [0.1, 0.15) is 17.4 Å². The summed E-state index contributed by atoms with van der Waals surface area (Å²) < 4.78 is 6.06. The summed E-state index contributed by atoms with van der Waals surface area (Å²) in [4.78, 5) is 14.8. The number of hydrogen-bond donors (Lipinski definition) is 1. The minimum atomic E-state index is -0.156. The predicted octanol–water partition coefficient (Wildman–Crippen LogP) is 4.91. The van der Waals surface area contributed by atoms with E-state index in [4.69, 9.17) is 4.42 Å². The van der Waals surface area contributed by atoms with Crippen LogP contribution in [0.4, 0.5) is 5.88 Å². The molecule has 0 aliphatic carbocycles. The van der Waals surface area contributed by atoms with Crippen LogP contribution in [0.2, 0.25) is 0 Å². The number of rotatable bonds is 5. The Hall–Kier alpha value is -3.36. The van der Waals surface area contributed by atoms with Gasteiger partial charge in [0, 0.05) is 11.1 Å². The number of anilines is 1. The van der Waals surface area contributed by atoms with E-state index in [0.29, 0.717) is 23.4 Å². The molecule has 1 saturated heterocycles. The normalized spacial score (nSPS) is 14.3. The first-order chi connectivity index (χ1) is 14.3. The van der Waals surface area contributed by atoms with Crippen LogP contribution < -0.4 is 5.32 Å². The number of carbonyl (C=O) groups excluding carboxylic acids is 1. The van der Waals surface area contributed by atoms with Crippen LogP contribution in [0.1, 0.15) is 24.8 Å². The molecule has 1 aromatic heterocycles. The molecule has 3 aromatic rings. The maximum absolute atomic E-state index is 12.6. The topological polar surface area (TPSA) is 69.3 Å². The molecule has 0 atom stereocenters. The fourth-order valence-electron chi connectivity index (χ4n) is 3.79. The molecular weight excluding hydrogens is 362 g/mol. The van der Waals surface area contributed by atoms with Gasteiger partial charge in [-0.15, -0.1) is 0 Å². The predicted molar refractivity (Wildman–Crippen MR) is 113 cm³/mol. The molecule has 1 N–H and O–H groups in total. The Kier molecular flexibility index (Phi) is 5.73. The van der Waals surface area contributed by atoms with Crippen LogP contribution in [0, 0.1) is 11.3 Å². The van der Waals surface area contributed by atoms with Crippen molar-refractivity contribution >= 4 is 11.8 Å². The average molecular weight is 385 g/mol. The summed E-state index contributed by atoms with van der Waals surface area (Å²) in [6.07, 6.45) is 3.46. The molecule has 0 spiro atoms. The van der Waals surface area contributed by atoms with E-state index in [1.807, 2.05) is 60.7 Å². The van der Waals surface area contributed by atoms with E-state index in [0.717, 1.165) is 37.1 Å². The van der Waals surface area contributed by atoms with E-state index in [1.165, 1.54) is 6.42 Å². The number of furan rings is 1. The number of piperidine rings is 1. The standard InChI is InChI=1S/C24H23N3O2/c25-16-20-22(18-10-4-1-5-11-18)23(19-12-6-2-7-13-19)29-24(20)26-21(28)17-27-14-8-3-9-15-27/h1-2,4-7,10-13H,3,8-9,14-15,17H2,(H,26,28). The van der Waals surface area contributed by atoms with Gasteiger partial charge in [0.25, 0.3) is 0 Å². The van der Waals surface area contributed by atoms with Crippen LogP contribution in [-0.4, -0.2) is 30.4 Å². The number of nitrogens with one attached hydrogen (secondary N) is 1. The van der Waals surface area contributed by atoms with Crippen LogP contribution >= 0.6 is 0 Å². The summed E-state index contributed by atoms with van der Waals surface area (Å²) in [5, 5.41) is 12.7. The van der Waals surface area contributed by atoms with Crippen molar-refractivity contribution in [2.45, 2.75) is 19.3 Å². The van der Waals surface area contributed by atoms with Crippen molar-refractivity contribution in [2.24, 2.45) is 0 Å². The summed E-state index contributed by atoms with van der Waals surface area (Å²) in [5.74, 6) is 0.644. The summed E-state index contributed by atoms with van der Waals surface area (Å²) in [6, 6.07) is 21.6. The number of nitriles is 1. The number of amides is 1. The van der Waals surface area contributed by atoms with Gasteiger partial charge in [-0.1, -0.05) is 67.1 Å². The van der Waals surface area contributed by atoms with Crippen molar-refractivity contribution in [1.29, 1.82) is 5.26 Å². The Labute approximate surface area is 170 Å². The van der Waals surface area contributed by atoms with Crippen molar-refractivity contribution < 1.29 is 9.21 Å². The smallest absolute Gasteiger partial charge is 0.240 e. The molecule has 0 radical (unpaired) electrons. The van der Waals surface area contributed by atoms with Crippen molar-refractivity contribution in [3.63, 3.8) is 0 Å². The Bertz CT molecular complexity index is 1010.